The Labute approximate surface area is 103 Å². The molecule has 0 spiro atoms. The number of rotatable bonds is 5. The third kappa shape index (κ3) is 3.20. The first-order valence-electron chi connectivity index (χ1n) is 6.38. The molecule has 1 N–H and O–H groups in total. The van der Waals surface area contributed by atoms with Crippen molar-refractivity contribution >= 4 is 0 Å². The highest BCUT2D eigenvalue weighted by molar-refractivity contribution is 5.35. The van der Waals surface area contributed by atoms with Crippen LogP contribution in [0.1, 0.15) is 31.9 Å². The van der Waals surface area contributed by atoms with Gasteiger partial charge in [0.2, 0.25) is 0 Å². The molecule has 1 aliphatic rings. The largest absolute Gasteiger partial charge is 0.488 e. The van der Waals surface area contributed by atoms with Crippen LogP contribution in [0.3, 0.4) is 0 Å². The van der Waals surface area contributed by atoms with Crippen molar-refractivity contribution < 1.29 is 9.47 Å². The number of ether oxygens (including phenoxy) is 2. The molecular formula is C14H21NO2. The van der Waals surface area contributed by atoms with E-state index in [1.165, 1.54) is 5.56 Å². The third-order valence-electron chi connectivity index (χ3n) is 3.08. The molecule has 0 bridgehead atoms. The fourth-order valence-electron chi connectivity index (χ4n) is 2.15. The minimum atomic E-state index is 0.213. The lowest BCUT2D eigenvalue weighted by atomic mass is 10.1. The molecule has 17 heavy (non-hydrogen) atoms. The Balaban J connectivity index is 2.09. The van der Waals surface area contributed by atoms with Gasteiger partial charge in [-0.15, -0.1) is 0 Å². The van der Waals surface area contributed by atoms with Crippen LogP contribution in [-0.4, -0.2) is 25.9 Å². The number of nitrogens with one attached hydrogen (secondary N) is 1. The molecule has 0 aromatic heterocycles. The monoisotopic (exact) mass is 235 g/mol. The van der Waals surface area contributed by atoms with Crippen molar-refractivity contribution in [3.05, 3.63) is 29.8 Å². The maximum absolute atomic E-state index is 6.01. The molecule has 1 aromatic rings. The molecule has 3 heteroatoms. The highest BCUT2D eigenvalue weighted by atomic mass is 16.5. The highest BCUT2D eigenvalue weighted by Gasteiger charge is 2.19. The van der Waals surface area contributed by atoms with Crippen molar-refractivity contribution in [1.82, 2.24) is 5.32 Å². The van der Waals surface area contributed by atoms with E-state index in [1.807, 2.05) is 12.1 Å². The lowest BCUT2D eigenvalue weighted by Crippen LogP contribution is -2.21. The second-order valence-electron chi connectivity index (χ2n) is 4.42. The lowest BCUT2D eigenvalue weighted by molar-refractivity contribution is 0.140. The van der Waals surface area contributed by atoms with E-state index in [1.54, 1.807) is 0 Å². The summed E-state index contributed by atoms with van der Waals surface area (Å²) in [6.45, 7) is 6.77. The Kier molecular flexibility index (Phi) is 4.40. The molecule has 2 rings (SSSR count). The van der Waals surface area contributed by atoms with E-state index in [-0.39, 0.29) is 6.10 Å². The molecule has 1 saturated heterocycles. The summed E-state index contributed by atoms with van der Waals surface area (Å²) in [7, 11) is 0. The van der Waals surface area contributed by atoms with Gasteiger partial charge in [-0.25, -0.2) is 0 Å². The fraction of sp³-hybridized carbons (Fsp3) is 0.571. The fourth-order valence-corrected chi connectivity index (χ4v) is 2.15. The predicted molar refractivity (Wildman–Crippen MR) is 68.4 cm³/mol. The first kappa shape index (κ1) is 12.4. The maximum atomic E-state index is 6.01. The summed E-state index contributed by atoms with van der Waals surface area (Å²) < 4.78 is 11.3. The smallest absolute Gasteiger partial charge is 0.124 e. The topological polar surface area (TPSA) is 30.5 Å². The zero-order valence-electron chi connectivity index (χ0n) is 10.6. The summed E-state index contributed by atoms with van der Waals surface area (Å²) in [6, 6.07) is 8.56. The number of benzene rings is 1. The minimum absolute atomic E-state index is 0.213. The van der Waals surface area contributed by atoms with Crippen LogP contribution in [0.15, 0.2) is 24.3 Å². The van der Waals surface area contributed by atoms with Crippen LogP contribution in [0, 0.1) is 0 Å². The van der Waals surface area contributed by atoms with Gasteiger partial charge in [-0.3, -0.25) is 0 Å². The van der Waals surface area contributed by atoms with Crippen LogP contribution in [0.2, 0.25) is 0 Å². The number of hydrogen-bond donors (Lipinski definition) is 1. The summed E-state index contributed by atoms with van der Waals surface area (Å²) in [5.41, 5.74) is 1.22. The van der Waals surface area contributed by atoms with Crippen molar-refractivity contribution in [3.63, 3.8) is 0 Å². The Bertz CT molecular complexity index is 348. The molecular weight excluding hydrogens is 214 g/mol. The standard InChI is InChI=1S/C14H21NO2/c1-3-15-11(2)13-6-4-5-7-14(13)17-12-8-9-16-10-12/h4-7,11-12,15H,3,8-10H2,1-2H3. The molecule has 0 amide bonds. The van der Waals surface area contributed by atoms with Gasteiger partial charge < -0.3 is 14.8 Å². The van der Waals surface area contributed by atoms with Gasteiger partial charge in [0.25, 0.3) is 0 Å². The molecule has 2 unspecified atom stereocenters. The van der Waals surface area contributed by atoms with E-state index in [9.17, 15) is 0 Å². The average Bonchev–Trinajstić information content (AvgIpc) is 2.83. The van der Waals surface area contributed by atoms with Crippen LogP contribution in [-0.2, 0) is 4.74 Å². The molecule has 1 fully saturated rings. The molecule has 3 nitrogen and oxygen atoms in total. The Hall–Kier alpha value is -1.06. The quantitative estimate of drug-likeness (QED) is 0.850. The SMILES string of the molecule is CCNC(C)c1ccccc1OC1CCOC1. The predicted octanol–water partition coefficient (Wildman–Crippen LogP) is 2.52. The second kappa shape index (κ2) is 6.03. The van der Waals surface area contributed by atoms with Gasteiger partial charge in [0.1, 0.15) is 11.9 Å². The van der Waals surface area contributed by atoms with E-state index >= 15 is 0 Å². The van der Waals surface area contributed by atoms with Crippen LogP contribution in [0.25, 0.3) is 0 Å². The summed E-state index contributed by atoms with van der Waals surface area (Å²) >= 11 is 0. The van der Waals surface area contributed by atoms with Gasteiger partial charge in [-0.05, 0) is 19.5 Å². The lowest BCUT2D eigenvalue weighted by Gasteiger charge is -2.19. The van der Waals surface area contributed by atoms with Crippen molar-refractivity contribution in [2.75, 3.05) is 19.8 Å². The van der Waals surface area contributed by atoms with Crippen LogP contribution in [0.4, 0.5) is 0 Å². The normalized spacial score (nSPS) is 21.4. The van der Waals surface area contributed by atoms with E-state index in [0.29, 0.717) is 12.6 Å². The van der Waals surface area contributed by atoms with Crippen molar-refractivity contribution in [2.45, 2.75) is 32.4 Å². The zero-order valence-corrected chi connectivity index (χ0v) is 10.6. The molecule has 1 aliphatic heterocycles. The van der Waals surface area contributed by atoms with Gasteiger partial charge in [0, 0.05) is 18.0 Å². The first-order chi connectivity index (χ1) is 8.31. The summed E-state index contributed by atoms with van der Waals surface area (Å²) in [4.78, 5) is 0. The van der Waals surface area contributed by atoms with Gasteiger partial charge in [0.15, 0.2) is 0 Å². The highest BCUT2D eigenvalue weighted by Crippen LogP contribution is 2.26. The Morgan fingerprint density at radius 2 is 2.29 bits per heavy atom. The van der Waals surface area contributed by atoms with E-state index in [2.05, 4.69) is 31.3 Å². The van der Waals surface area contributed by atoms with Crippen LogP contribution < -0.4 is 10.1 Å². The molecule has 0 aliphatic carbocycles. The molecule has 0 saturated carbocycles. The van der Waals surface area contributed by atoms with Crippen molar-refractivity contribution in [3.8, 4) is 5.75 Å². The van der Waals surface area contributed by atoms with Crippen molar-refractivity contribution in [1.29, 1.82) is 0 Å². The minimum Gasteiger partial charge on any atom is -0.488 e. The zero-order chi connectivity index (χ0) is 12.1. The second-order valence-corrected chi connectivity index (χ2v) is 4.42. The summed E-state index contributed by atoms with van der Waals surface area (Å²) in [6.07, 6.45) is 1.20. The molecule has 1 heterocycles. The maximum Gasteiger partial charge on any atom is 0.124 e. The molecule has 1 aromatic carbocycles. The molecule has 94 valence electrons. The van der Waals surface area contributed by atoms with Gasteiger partial charge in [-0.2, -0.15) is 0 Å². The van der Waals surface area contributed by atoms with Gasteiger partial charge >= 0.3 is 0 Å². The summed E-state index contributed by atoms with van der Waals surface area (Å²) in [5.74, 6) is 0.983. The number of para-hydroxylation sites is 1. The summed E-state index contributed by atoms with van der Waals surface area (Å²) in [5, 5.41) is 3.42. The first-order valence-corrected chi connectivity index (χ1v) is 6.38. The number of hydrogen-bond acceptors (Lipinski definition) is 3. The Morgan fingerprint density at radius 3 is 3.00 bits per heavy atom. The average molecular weight is 235 g/mol. The van der Waals surface area contributed by atoms with Crippen LogP contribution >= 0.6 is 0 Å². The van der Waals surface area contributed by atoms with Crippen molar-refractivity contribution in [2.24, 2.45) is 0 Å². The van der Waals surface area contributed by atoms with E-state index in [0.717, 1.165) is 25.3 Å². The van der Waals surface area contributed by atoms with Gasteiger partial charge in [0.05, 0.1) is 13.2 Å². The van der Waals surface area contributed by atoms with E-state index < -0.39 is 0 Å². The molecule has 2 atom stereocenters. The van der Waals surface area contributed by atoms with Crippen LogP contribution in [0.5, 0.6) is 5.75 Å². The van der Waals surface area contributed by atoms with Gasteiger partial charge in [-0.1, -0.05) is 25.1 Å². The van der Waals surface area contributed by atoms with E-state index in [4.69, 9.17) is 9.47 Å². The Morgan fingerprint density at radius 1 is 1.47 bits per heavy atom. The third-order valence-corrected chi connectivity index (χ3v) is 3.08. The molecule has 0 radical (unpaired) electrons.